The summed E-state index contributed by atoms with van der Waals surface area (Å²) in [4.78, 5) is 37.3. The van der Waals surface area contributed by atoms with Crippen molar-refractivity contribution in [3.63, 3.8) is 0 Å². The van der Waals surface area contributed by atoms with E-state index in [1.807, 2.05) is 30.3 Å². The van der Waals surface area contributed by atoms with E-state index in [0.29, 0.717) is 10.6 Å². The summed E-state index contributed by atoms with van der Waals surface area (Å²) < 4.78 is 12.0. The van der Waals surface area contributed by atoms with Gasteiger partial charge in [0.25, 0.3) is 0 Å². The molecule has 2 aromatic rings. The second-order valence-electron chi connectivity index (χ2n) is 6.35. The van der Waals surface area contributed by atoms with Crippen LogP contribution in [-0.2, 0) is 14.2 Å². The van der Waals surface area contributed by atoms with E-state index >= 15 is 0 Å². The smallest absolute Gasteiger partial charge is 0.324 e. The van der Waals surface area contributed by atoms with Gasteiger partial charge in [-0.05, 0) is 36.6 Å². The Morgan fingerprint density at radius 3 is 2.29 bits per heavy atom. The van der Waals surface area contributed by atoms with Crippen LogP contribution in [0.5, 0.6) is 0 Å². The van der Waals surface area contributed by atoms with Crippen molar-refractivity contribution in [2.75, 3.05) is 6.54 Å². The summed E-state index contributed by atoms with van der Waals surface area (Å²) in [6.07, 6.45) is -0.410. The maximum absolute atomic E-state index is 12.0. The largest absolute Gasteiger partial charge is 0.333 e. The minimum atomic E-state index is -4.51. The summed E-state index contributed by atoms with van der Waals surface area (Å²) in [7, 11) is -4.51. The standard InChI is InChI=1S/C19H22Cl2NO5P/c1-13(15-6-4-3-5-7-15)27-22(14(2)23)11-10-19(28(24,25)26)16-8-9-17(20)18(21)12-16/h3-9,12-13,19H,10-11H2,1-2H3,(H2,24,25,26). The number of amides is 1. The van der Waals surface area contributed by atoms with Crippen LogP contribution in [0, 0.1) is 0 Å². The second-order valence-corrected chi connectivity index (χ2v) is 8.96. The number of halogens is 2. The van der Waals surface area contributed by atoms with E-state index in [-0.39, 0.29) is 23.9 Å². The van der Waals surface area contributed by atoms with Gasteiger partial charge in [0, 0.05) is 13.5 Å². The third-order valence-electron chi connectivity index (χ3n) is 4.25. The first-order chi connectivity index (χ1) is 13.1. The summed E-state index contributed by atoms with van der Waals surface area (Å²) in [5.74, 6) is -0.360. The Bertz CT molecular complexity index is 859. The molecule has 152 valence electrons. The molecule has 2 atom stereocenters. The number of hydrogen-bond donors (Lipinski definition) is 2. The molecule has 0 radical (unpaired) electrons. The third-order valence-corrected chi connectivity index (χ3v) is 6.35. The van der Waals surface area contributed by atoms with E-state index in [9.17, 15) is 19.1 Å². The van der Waals surface area contributed by atoms with E-state index in [0.717, 1.165) is 10.6 Å². The zero-order valence-electron chi connectivity index (χ0n) is 15.5. The van der Waals surface area contributed by atoms with E-state index in [2.05, 4.69) is 0 Å². The van der Waals surface area contributed by atoms with Crippen molar-refractivity contribution in [3.05, 3.63) is 69.7 Å². The number of rotatable bonds is 8. The van der Waals surface area contributed by atoms with Gasteiger partial charge in [0.1, 0.15) is 6.10 Å². The Morgan fingerprint density at radius 1 is 1.11 bits per heavy atom. The summed E-state index contributed by atoms with van der Waals surface area (Å²) in [6, 6.07) is 13.8. The molecule has 6 nitrogen and oxygen atoms in total. The molecule has 9 heteroatoms. The maximum Gasteiger partial charge on any atom is 0.333 e. The Morgan fingerprint density at radius 2 is 1.75 bits per heavy atom. The molecule has 0 aliphatic heterocycles. The fourth-order valence-corrected chi connectivity index (χ4v) is 4.06. The van der Waals surface area contributed by atoms with Gasteiger partial charge >= 0.3 is 7.60 Å². The van der Waals surface area contributed by atoms with Gasteiger partial charge in [-0.1, -0.05) is 59.6 Å². The van der Waals surface area contributed by atoms with Crippen LogP contribution in [0.2, 0.25) is 10.0 Å². The Kier molecular flexibility index (Phi) is 8.07. The minimum absolute atomic E-state index is 0.00251. The maximum atomic E-state index is 12.0. The molecule has 0 heterocycles. The highest BCUT2D eigenvalue weighted by Gasteiger charge is 2.32. The van der Waals surface area contributed by atoms with E-state index < -0.39 is 19.4 Å². The SMILES string of the molecule is CC(=O)N(CCC(c1ccc(Cl)c(Cl)c1)P(=O)(O)O)OC(C)c1ccccc1. The Labute approximate surface area is 174 Å². The van der Waals surface area contributed by atoms with Gasteiger partial charge in [-0.15, -0.1) is 0 Å². The van der Waals surface area contributed by atoms with E-state index in [1.165, 1.54) is 25.1 Å². The van der Waals surface area contributed by atoms with Gasteiger partial charge in [-0.2, -0.15) is 0 Å². The van der Waals surface area contributed by atoms with Crippen LogP contribution in [0.3, 0.4) is 0 Å². The fourth-order valence-electron chi connectivity index (χ4n) is 2.75. The molecule has 0 fully saturated rings. The van der Waals surface area contributed by atoms with Gasteiger partial charge in [-0.3, -0.25) is 14.2 Å². The highest BCUT2D eigenvalue weighted by atomic mass is 35.5. The quantitative estimate of drug-likeness (QED) is 0.433. The molecule has 0 aliphatic rings. The van der Waals surface area contributed by atoms with Crippen LogP contribution >= 0.6 is 30.8 Å². The zero-order chi connectivity index (χ0) is 20.9. The molecular formula is C19H22Cl2NO5P. The molecule has 0 bridgehead atoms. The summed E-state index contributed by atoms with van der Waals surface area (Å²) >= 11 is 11.9. The van der Waals surface area contributed by atoms with Crippen molar-refractivity contribution in [1.82, 2.24) is 5.06 Å². The number of carbonyl (C=O) groups is 1. The first-order valence-electron chi connectivity index (χ1n) is 8.59. The highest BCUT2D eigenvalue weighted by molar-refractivity contribution is 7.52. The lowest BCUT2D eigenvalue weighted by atomic mass is 10.1. The van der Waals surface area contributed by atoms with Crippen LogP contribution in [-0.4, -0.2) is 27.3 Å². The molecule has 0 aromatic heterocycles. The van der Waals surface area contributed by atoms with Gasteiger partial charge < -0.3 is 9.79 Å². The first kappa shape index (κ1) is 22.9. The van der Waals surface area contributed by atoms with Crippen LogP contribution in [0.15, 0.2) is 48.5 Å². The van der Waals surface area contributed by atoms with Gasteiger partial charge in [0.15, 0.2) is 0 Å². The number of benzene rings is 2. The molecule has 2 aromatic carbocycles. The molecule has 0 spiro atoms. The van der Waals surface area contributed by atoms with E-state index in [4.69, 9.17) is 28.0 Å². The highest BCUT2D eigenvalue weighted by Crippen LogP contribution is 2.54. The lowest BCUT2D eigenvalue weighted by Gasteiger charge is -2.27. The normalized spacial score (nSPS) is 13.8. The molecule has 2 rings (SSSR count). The van der Waals surface area contributed by atoms with Crippen molar-refractivity contribution in [2.24, 2.45) is 0 Å². The van der Waals surface area contributed by atoms with Gasteiger partial charge in [-0.25, -0.2) is 5.06 Å². The number of hydroxylamine groups is 2. The molecule has 0 saturated carbocycles. The lowest BCUT2D eigenvalue weighted by Crippen LogP contribution is -2.32. The van der Waals surface area contributed by atoms with Crippen molar-refractivity contribution in [1.29, 1.82) is 0 Å². The van der Waals surface area contributed by atoms with Crippen LogP contribution in [0.1, 0.15) is 43.2 Å². The van der Waals surface area contributed by atoms with Crippen LogP contribution in [0.25, 0.3) is 0 Å². The van der Waals surface area contributed by atoms with Crippen molar-refractivity contribution in [2.45, 2.75) is 32.0 Å². The van der Waals surface area contributed by atoms with Crippen LogP contribution < -0.4 is 0 Å². The van der Waals surface area contributed by atoms with Crippen molar-refractivity contribution < 1.29 is 24.0 Å². The topological polar surface area (TPSA) is 87.1 Å². The second kappa shape index (κ2) is 9.88. The number of hydrogen-bond acceptors (Lipinski definition) is 3. The Hall–Kier alpha value is -1.40. The fraction of sp³-hybridized carbons (Fsp3) is 0.316. The van der Waals surface area contributed by atoms with Gasteiger partial charge in [0.2, 0.25) is 5.91 Å². The molecule has 2 unspecified atom stereocenters. The first-order valence-corrected chi connectivity index (χ1v) is 11.0. The molecule has 0 saturated heterocycles. The molecule has 2 N–H and O–H groups in total. The molecule has 0 aliphatic carbocycles. The summed E-state index contributed by atoms with van der Waals surface area (Å²) in [5.41, 5.74) is 0.0897. The third kappa shape index (κ3) is 6.31. The van der Waals surface area contributed by atoms with Gasteiger partial charge in [0.05, 0.1) is 15.7 Å². The monoisotopic (exact) mass is 445 g/mol. The van der Waals surface area contributed by atoms with Crippen molar-refractivity contribution >= 4 is 36.7 Å². The number of nitrogens with zero attached hydrogens (tertiary/aromatic N) is 1. The lowest BCUT2D eigenvalue weighted by molar-refractivity contribution is -0.203. The predicted octanol–water partition coefficient (Wildman–Crippen LogP) is 5.14. The van der Waals surface area contributed by atoms with Crippen molar-refractivity contribution in [3.8, 4) is 0 Å². The summed E-state index contributed by atoms with van der Waals surface area (Å²) in [6.45, 7) is 3.14. The average molecular weight is 446 g/mol. The number of carbonyl (C=O) groups excluding carboxylic acids is 1. The Balaban J connectivity index is 2.15. The van der Waals surface area contributed by atoms with E-state index in [1.54, 1.807) is 6.92 Å². The zero-order valence-corrected chi connectivity index (χ0v) is 17.9. The molecule has 28 heavy (non-hydrogen) atoms. The molecule has 1 amide bonds. The molecular weight excluding hydrogens is 424 g/mol. The average Bonchev–Trinajstić information content (AvgIpc) is 2.63. The van der Waals surface area contributed by atoms with Crippen LogP contribution in [0.4, 0.5) is 0 Å². The predicted molar refractivity (Wildman–Crippen MR) is 109 cm³/mol. The summed E-state index contributed by atoms with van der Waals surface area (Å²) in [5, 5.41) is 1.62. The minimum Gasteiger partial charge on any atom is -0.324 e.